The molecule has 4 heterocycles. The number of amides is 4. The number of likely N-dealkylation sites (tertiary alicyclic amines) is 1. The Labute approximate surface area is 345 Å². The smallest absolute Gasteiger partial charge is 0.307 e. The highest BCUT2D eigenvalue weighted by Crippen LogP contribution is 2.47. The molecule has 8 rings (SSSR count). The third-order valence-electron chi connectivity index (χ3n) is 12.5. The van der Waals surface area contributed by atoms with Gasteiger partial charge in [0.05, 0.1) is 22.7 Å². The molecule has 2 N–H and O–H groups in total. The van der Waals surface area contributed by atoms with Gasteiger partial charge in [-0.3, -0.25) is 28.7 Å². The molecule has 2 saturated carbocycles. The van der Waals surface area contributed by atoms with E-state index in [1.807, 2.05) is 71.3 Å². The van der Waals surface area contributed by atoms with E-state index in [0.29, 0.717) is 44.5 Å². The number of nitrogens with zero attached hydrogens (tertiary/aromatic N) is 4. The van der Waals surface area contributed by atoms with Crippen LogP contribution in [0.5, 0.6) is 0 Å². The van der Waals surface area contributed by atoms with Crippen LogP contribution in [0.3, 0.4) is 0 Å². The summed E-state index contributed by atoms with van der Waals surface area (Å²) in [5.74, 6) is -3.60. The van der Waals surface area contributed by atoms with Gasteiger partial charge in [0.1, 0.15) is 29.6 Å². The molecule has 3 aromatic rings. The standard InChI is InChI=1S/C44H54N6O8S/c1-43(2,3)58-37(52)22-29-16-8-5-4-6-11-17-31-23-44(31,42(55)47-59(56,57)32-20-21-32)46-40(53)38-33-26-48(24-30(33)25-50(38)41(29)54)36(51)27-49-35-19-13-12-18-34(35)45-39(49)28-14-9-7-10-15-28/h7,9-15,17-19,29-33,38H,4-6,8,16,20-27H2,1-3H3,(H,46,53)(H,47,55)/b17-11-/t29-,30-,31+,33-,38-,44+/m0/s1. The Bertz CT molecular complexity index is 2280. The van der Waals surface area contributed by atoms with Gasteiger partial charge in [0.2, 0.25) is 27.7 Å². The number of carbonyl (C=O) groups is 5. The first-order valence-electron chi connectivity index (χ1n) is 21.0. The number of aromatic nitrogens is 2. The maximum atomic E-state index is 14.8. The van der Waals surface area contributed by atoms with Gasteiger partial charge >= 0.3 is 5.97 Å². The van der Waals surface area contributed by atoms with E-state index < -0.39 is 68.0 Å². The molecule has 2 aliphatic carbocycles. The van der Waals surface area contributed by atoms with Crippen molar-refractivity contribution < 1.29 is 37.1 Å². The third kappa shape index (κ3) is 8.53. The van der Waals surface area contributed by atoms with E-state index in [2.05, 4.69) is 10.0 Å². The number of hydrogen-bond acceptors (Lipinski definition) is 9. The largest absolute Gasteiger partial charge is 0.460 e. The molecule has 6 atom stereocenters. The minimum absolute atomic E-state index is 0.00835. The van der Waals surface area contributed by atoms with Crippen molar-refractivity contribution in [3.8, 4) is 11.4 Å². The topological polar surface area (TPSA) is 177 Å². The minimum Gasteiger partial charge on any atom is -0.460 e. The highest BCUT2D eigenvalue weighted by Gasteiger charge is 2.63. The molecule has 0 bridgehead atoms. The first kappa shape index (κ1) is 40.7. The molecule has 1 aromatic heterocycles. The zero-order chi connectivity index (χ0) is 41.7. The summed E-state index contributed by atoms with van der Waals surface area (Å²) in [6.45, 7) is 6.00. The van der Waals surface area contributed by atoms with Crippen molar-refractivity contribution in [3.63, 3.8) is 0 Å². The highest BCUT2D eigenvalue weighted by atomic mass is 32.2. The predicted molar refractivity (Wildman–Crippen MR) is 219 cm³/mol. The van der Waals surface area contributed by atoms with Crippen LogP contribution >= 0.6 is 0 Å². The van der Waals surface area contributed by atoms with Crippen LogP contribution in [0, 0.1) is 23.7 Å². The van der Waals surface area contributed by atoms with E-state index >= 15 is 0 Å². The maximum Gasteiger partial charge on any atom is 0.307 e. The Hall–Kier alpha value is -5.05. The van der Waals surface area contributed by atoms with Gasteiger partial charge in [-0.25, -0.2) is 13.4 Å². The van der Waals surface area contributed by atoms with Gasteiger partial charge in [0.25, 0.3) is 5.91 Å². The normalized spacial score (nSPS) is 28.1. The fourth-order valence-corrected chi connectivity index (χ4v) is 10.6. The Morgan fingerprint density at radius 1 is 0.949 bits per heavy atom. The number of nitrogens with one attached hydrogen (secondary N) is 2. The number of sulfonamides is 1. The lowest BCUT2D eigenvalue weighted by molar-refractivity contribution is -0.159. The zero-order valence-electron chi connectivity index (χ0n) is 34.0. The Morgan fingerprint density at radius 2 is 1.69 bits per heavy atom. The summed E-state index contributed by atoms with van der Waals surface area (Å²) >= 11 is 0. The summed E-state index contributed by atoms with van der Waals surface area (Å²) in [5.41, 5.74) is 0.184. The quantitative estimate of drug-likeness (QED) is 0.247. The van der Waals surface area contributed by atoms with Gasteiger partial charge < -0.3 is 24.4 Å². The molecular formula is C44H54N6O8S. The number of hydrogen-bond donors (Lipinski definition) is 2. The van der Waals surface area contributed by atoms with Crippen LogP contribution in [0.4, 0.5) is 0 Å². The lowest BCUT2D eigenvalue weighted by atomic mass is 9.92. The average molecular weight is 827 g/mol. The zero-order valence-corrected chi connectivity index (χ0v) is 34.8. The fraction of sp³-hybridized carbons (Fsp3) is 0.545. The van der Waals surface area contributed by atoms with Crippen molar-refractivity contribution in [3.05, 3.63) is 66.7 Å². The average Bonchev–Trinajstić information content (AvgIpc) is 4.04. The number of rotatable bonds is 8. The van der Waals surface area contributed by atoms with E-state index in [0.717, 1.165) is 29.4 Å². The van der Waals surface area contributed by atoms with Crippen LogP contribution in [-0.2, 0) is 45.3 Å². The Kier molecular flexibility index (Phi) is 10.9. The first-order chi connectivity index (χ1) is 28.1. The van der Waals surface area contributed by atoms with Gasteiger partial charge in [-0.2, -0.15) is 0 Å². The number of benzene rings is 2. The molecule has 0 spiro atoms. The van der Waals surface area contributed by atoms with Gasteiger partial charge in [0.15, 0.2) is 0 Å². The van der Waals surface area contributed by atoms with Gasteiger partial charge in [-0.1, -0.05) is 67.5 Å². The van der Waals surface area contributed by atoms with Gasteiger partial charge in [-0.15, -0.1) is 0 Å². The monoisotopic (exact) mass is 826 g/mol. The van der Waals surface area contributed by atoms with E-state index in [-0.39, 0.29) is 50.2 Å². The fourth-order valence-electron chi connectivity index (χ4n) is 9.27. The van der Waals surface area contributed by atoms with Crippen LogP contribution in [-0.4, -0.2) is 99.4 Å². The summed E-state index contributed by atoms with van der Waals surface area (Å²) in [5, 5.41) is 2.33. The molecule has 314 valence electrons. The second kappa shape index (κ2) is 15.9. The molecule has 15 heteroatoms. The number of imidazole rings is 1. The second-order valence-corrected chi connectivity index (χ2v) is 20.0. The molecule has 59 heavy (non-hydrogen) atoms. The lowest BCUT2D eigenvalue weighted by Gasteiger charge is -2.33. The van der Waals surface area contributed by atoms with Crippen LogP contribution in [0.15, 0.2) is 66.7 Å². The summed E-state index contributed by atoms with van der Waals surface area (Å²) in [4.78, 5) is 79.1. The van der Waals surface area contributed by atoms with Crippen LogP contribution < -0.4 is 10.0 Å². The number of ether oxygens (including phenoxy) is 1. The van der Waals surface area contributed by atoms with E-state index in [4.69, 9.17) is 9.72 Å². The summed E-state index contributed by atoms with van der Waals surface area (Å²) in [6.07, 6.45) is 8.32. The molecular weight excluding hydrogens is 773 g/mol. The van der Waals surface area contributed by atoms with Crippen molar-refractivity contribution in [1.82, 2.24) is 29.4 Å². The number of allylic oxidation sites excluding steroid dienone is 1. The molecule has 0 unspecified atom stereocenters. The first-order valence-corrected chi connectivity index (χ1v) is 22.5. The van der Waals surface area contributed by atoms with Gasteiger partial charge in [-0.05, 0) is 71.4 Å². The molecule has 2 saturated heterocycles. The summed E-state index contributed by atoms with van der Waals surface area (Å²) < 4.78 is 35.7. The molecule has 5 aliphatic rings. The minimum atomic E-state index is -3.91. The van der Waals surface area contributed by atoms with Crippen molar-refractivity contribution in [1.29, 1.82) is 0 Å². The number of esters is 1. The molecule has 4 fully saturated rings. The third-order valence-corrected chi connectivity index (χ3v) is 14.3. The van der Waals surface area contributed by atoms with E-state index in [1.54, 1.807) is 30.6 Å². The molecule has 0 radical (unpaired) electrons. The van der Waals surface area contributed by atoms with Crippen molar-refractivity contribution in [2.24, 2.45) is 23.7 Å². The van der Waals surface area contributed by atoms with Crippen molar-refractivity contribution in [2.75, 3.05) is 19.6 Å². The van der Waals surface area contributed by atoms with Crippen LogP contribution in [0.2, 0.25) is 0 Å². The molecule has 4 amide bonds. The van der Waals surface area contributed by atoms with Crippen molar-refractivity contribution >= 4 is 50.7 Å². The number of para-hydroxylation sites is 2. The number of fused-ring (bicyclic) bond motifs is 5. The van der Waals surface area contributed by atoms with E-state index in [1.165, 1.54) is 0 Å². The second-order valence-electron chi connectivity index (χ2n) is 18.0. The SMILES string of the molecule is CC(C)(C)OC(=O)C[C@@H]1CCCCC/C=C\[C@@H]2C[C@@]2(C(=O)NS(=O)(=O)C2CC2)NC(=O)[C@@H]2[C@H]3CN(C(=O)Cn4c(-c5ccccc5)nc5ccccc54)C[C@H]3CN2C1=O. The Morgan fingerprint density at radius 3 is 2.44 bits per heavy atom. The van der Waals surface area contributed by atoms with E-state index in [9.17, 15) is 32.4 Å². The van der Waals surface area contributed by atoms with Crippen LogP contribution in [0.25, 0.3) is 22.4 Å². The molecule has 2 aromatic carbocycles. The summed E-state index contributed by atoms with van der Waals surface area (Å²) in [6, 6.07) is 16.3. The highest BCUT2D eigenvalue weighted by molar-refractivity contribution is 7.91. The van der Waals surface area contributed by atoms with Crippen molar-refractivity contribution in [2.45, 2.75) is 108 Å². The van der Waals surface area contributed by atoms with Gasteiger partial charge in [0, 0.05) is 48.9 Å². The van der Waals surface area contributed by atoms with Crippen LogP contribution in [0.1, 0.15) is 78.6 Å². The number of carbonyl (C=O) groups excluding carboxylic acids is 5. The maximum absolute atomic E-state index is 14.8. The lowest BCUT2D eigenvalue weighted by Crippen LogP contribution is -2.58. The summed E-state index contributed by atoms with van der Waals surface area (Å²) in [7, 11) is -3.91. The Balaban J connectivity index is 1.09. The molecule has 3 aliphatic heterocycles. The predicted octanol–water partition coefficient (Wildman–Crippen LogP) is 4.34. The molecule has 14 nitrogen and oxygen atoms in total.